The highest BCUT2D eigenvalue weighted by Crippen LogP contribution is 2.60. The summed E-state index contributed by atoms with van der Waals surface area (Å²) in [4.78, 5) is 17.2. The van der Waals surface area contributed by atoms with Crippen molar-refractivity contribution in [3.05, 3.63) is 33.0 Å². The van der Waals surface area contributed by atoms with Crippen LogP contribution < -0.4 is 5.32 Å². The largest absolute Gasteiger partial charge is 0.324 e. The maximum atomic E-state index is 12.3. The zero-order valence-electron chi connectivity index (χ0n) is 15.4. The lowest BCUT2D eigenvalue weighted by atomic mass is 9.49. The van der Waals surface area contributed by atoms with Gasteiger partial charge in [-0.2, -0.15) is 0 Å². The van der Waals surface area contributed by atoms with Crippen LogP contribution in [0, 0.1) is 17.8 Å². The van der Waals surface area contributed by atoms with Crippen LogP contribution in [-0.4, -0.2) is 26.8 Å². The van der Waals surface area contributed by atoms with Crippen molar-refractivity contribution in [2.24, 2.45) is 17.8 Å². The molecule has 28 heavy (non-hydrogen) atoms. The lowest BCUT2D eigenvalue weighted by molar-refractivity contribution is -0.113. The van der Waals surface area contributed by atoms with Gasteiger partial charge in [0.1, 0.15) is 5.82 Å². The Labute approximate surface area is 185 Å². The number of hydrogen-bond acceptors (Lipinski definition) is 4. The minimum Gasteiger partial charge on any atom is -0.324 e. The van der Waals surface area contributed by atoms with Crippen molar-refractivity contribution in [1.82, 2.24) is 15.2 Å². The van der Waals surface area contributed by atoms with E-state index in [0.29, 0.717) is 5.16 Å². The summed E-state index contributed by atoms with van der Waals surface area (Å²) in [6.07, 6.45) is 8.03. The zero-order chi connectivity index (χ0) is 19.3. The van der Waals surface area contributed by atoms with Gasteiger partial charge in [0.15, 0.2) is 0 Å². The van der Waals surface area contributed by atoms with Gasteiger partial charge in [0, 0.05) is 14.4 Å². The van der Waals surface area contributed by atoms with E-state index in [1.54, 1.807) is 0 Å². The van der Waals surface area contributed by atoms with E-state index >= 15 is 0 Å². The van der Waals surface area contributed by atoms with E-state index < -0.39 is 0 Å². The fraction of sp³-hybridized carbons (Fsp3) is 0.550. The van der Waals surface area contributed by atoms with Crippen LogP contribution in [0.3, 0.4) is 0 Å². The zero-order valence-corrected chi connectivity index (χ0v) is 19.4. The van der Waals surface area contributed by atoms with Crippen molar-refractivity contribution in [2.45, 2.75) is 49.1 Å². The van der Waals surface area contributed by atoms with Crippen LogP contribution in [0.2, 0.25) is 0 Å². The highest BCUT2D eigenvalue weighted by molar-refractivity contribution is 9.11. The maximum Gasteiger partial charge on any atom is 0.234 e. The number of aromatic amines is 1. The number of rotatable bonds is 5. The molecule has 4 fully saturated rings. The number of halogens is 2. The van der Waals surface area contributed by atoms with Gasteiger partial charge in [-0.1, -0.05) is 27.7 Å². The number of anilines is 1. The van der Waals surface area contributed by atoms with Crippen LogP contribution in [-0.2, 0) is 10.2 Å². The molecule has 1 aromatic carbocycles. The van der Waals surface area contributed by atoms with Gasteiger partial charge in [-0.3, -0.25) is 9.89 Å². The summed E-state index contributed by atoms with van der Waals surface area (Å²) in [6, 6.07) is 5.71. The predicted molar refractivity (Wildman–Crippen MR) is 117 cm³/mol. The molecule has 148 valence electrons. The van der Waals surface area contributed by atoms with Crippen molar-refractivity contribution in [1.29, 1.82) is 0 Å². The number of nitrogens with zero attached hydrogens (tertiary/aromatic N) is 2. The van der Waals surface area contributed by atoms with Gasteiger partial charge in [0.05, 0.1) is 11.4 Å². The number of aromatic nitrogens is 3. The van der Waals surface area contributed by atoms with Crippen molar-refractivity contribution < 1.29 is 4.79 Å². The van der Waals surface area contributed by atoms with E-state index in [4.69, 9.17) is 4.98 Å². The molecule has 4 bridgehead atoms. The number of carbonyl (C=O) groups is 1. The second-order valence-electron chi connectivity index (χ2n) is 8.63. The number of amides is 1. The molecule has 0 spiro atoms. The molecule has 1 heterocycles. The molecule has 4 saturated carbocycles. The van der Waals surface area contributed by atoms with Gasteiger partial charge in [-0.15, -0.1) is 5.10 Å². The van der Waals surface area contributed by atoms with Crippen molar-refractivity contribution in [3.63, 3.8) is 0 Å². The Morgan fingerprint density at radius 1 is 1.18 bits per heavy atom. The number of nitrogens with one attached hydrogen (secondary N) is 2. The minimum absolute atomic E-state index is 0.0649. The van der Waals surface area contributed by atoms with Crippen molar-refractivity contribution >= 4 is 55.2 Å². The van der Waals surface area contributed by atoms with Crippen LogP contribution in [0.1, 0.15) is 44.3 Å². The van der Waals surface area contributed by atoms with Crippen LogP contribution in [0.25, 0.3) is 0 Å². The molecule has 1 amide bonds. The van der Waals surface area contributed by atoms with Gasteiger partial charge in [-0.25, -0.2) is 4.98 Å². The van der Waals surface area contributed by atoms with E-state index in [0.717, 1.165) is 38.2 Å². The van der Waals surface area contributed by atoms with Gasteiger partial charge in [0.2, 0.25) is 11.1 Å². The van der Waals surface area contributed by atoms with Crippen LogP contribution >= 0.6 is 43.6 Å². The molecular formula is C20H22Br2N4OS. The fourth-order valence-electron chi connectivity index (χ4n) is 5.86. The summed E-state index contributed by atoms with van der Waals surface area (Å²) in [5, 5.41) is 11.2. The molecule has 0 radical (unpaired) electrons. The summed E-state index contributed by atoms with van der Waals surface area (Å²) in [5.74, 6) is 3.91. The van der Waals surface area contributed by atoms with E-state index in [9.17, 15) is 4.79 Å². The minimum atomic E-state index is -0.0649. The first-order valence-corrected chi connectivity index (χ1v) is 12.4. The third kappa shape index (κ3) is 3.67. The molecule has 0 aliphatic heterocycles. The number of carbonyl (C=O) groups excluding carboxylic acids is 1. The lowest BCUT2D eigenvalue weighted by Gasteiger charge is -2.55. The summed E-state index contributed by atoms with van der Waals surface area (Å²) in [5.41, 5.74) is 0.966. The summed E-state index contributed by atoms with van der Waals surface area (Å²) < 4.78 is 1.78. The number of thioether (sulfide) groups is 1. The van der Waals surface area contributed by atoms with Gasteiger partial charge >= 0.3 is 0 Å². The number of benzene rings is 1. The summed E-state index contributed by atoms with van der Waals surface area (Å²) in [7, 11) is 0. The van der Waals surface area contributed by atoms with Gasteiger partial charge in [-0.05, 0) is 90.4 Å². The topological polar surface area (TPSA) is 70.7 Å². The Morgan fingerprint density at radius 3 is 2.54 bits per heavy atom. The normalized spacial score (nSPS) is 30.6. The van der Waals surface area contributed by atoms with E-state index in [-0.39, 0.29) is 17.1 Å². The molecule has 0 saturated heterocycles. The number of H-pyrrole nitrogens is 1. The molecule has 5 nitrogen and oxygen atoms in total. The molecule has 8 heteroatoms. The van der Waals surface area contributed by atoms with E-state index in [1.807, 2.05) is 18.2 Å². The molecule has 1 aromatic heterocycles. The lowest BCUT2D eigenvalue weighted by Crippen LogP contribution is -2.49. The summed E-state index contributed by atoms with van der Waals surface area (Å²) in [6.45, 7) is 0. The molecule has 0 atom stereocenters. The smallest absolute Gasteiger partial charge is 0.234 e. The van der Waals surface area contributed by atoms with Crippen molar-refractivity contribution in [3.8, 4) is 0 Å². The number of hydrogen-bond donors (Lipinski definition) is 2. The highest BCUT2D eigenvalue weighted by Gasteiger charge is 2.53. The second kappa shape index (κ2) is 7.43. The SMILES string of the molecule is O=C(CSc1n[nH]c(C23CC4CC(CC(C4)C2)C3)n1)Nc1cc(Br)ccc1Br. The Balaban J connectivity index is 1.23. The molecule has 2 N–H and O–H groups in total. The first-order chi connectivity index (χ1) is 13.5. The Morgan fingerprint density at radius 2 is 1.86 bits per heavy atom. The molecule has 2 aromatic rings. The van der Waals surface area contributed by atoms with E-state index in [1.165, 1.54) is 50.3 Å². The van der Waals surface area contributed by atoms with Gasteiger partial charge < -0.3 is 5.32 Å². The molecular weight excluding hydrogens is 504 g/mol. The van der Waals surface area contributed by atoms with Crippen molar-refractivity contribution in [2.75, 3.05) is 11.1 Å². The maximum absolute atomic E-state index is 12.3. The molecule has 4 aliphatic carbocycles. The third-order valence-corrected chi connectivity index (χ3v) is 8.57. The molecule has 6 rings (SSSR count). The Hall–Kier alpha value is -0.860. The second-order valence-corrected chi connectivity index (χ2v) is 11.3. The quantitative estimate of drug-likeness (QED) is 0.503. The van der Waals surface area contributed by atoms with Crippen LogP contribution in [0.15, 0.2) is 32.3 Å². The molecule has 4 aliphatic rings. The Bertz CT molecular complexity index is 880. The fourth-order valence-corrected chi connectivity index (χ4v) is 7.16. The van der Waals surface area contributed by atoms with Crippen LogP contribution in [0.5, 0.6) is 0 Å². The first kappa shape index (κ1) is 19.1. The monoisotopic (exact) mass is 524 g/mol. The van der Waals surface area contributed by atoms with Gasteiger partial charge in [0.25, 0.3) is 0 Å². The average molecular weight is 526 g/mol. The first-order valence-electron chi connectivity index (χ1n) is 9.80. The third-order valence-electron chi connectivity index (χ3n) is 6.54. The molecule has 0 unspecified atom stereocenters. The van der Waals surface area contributed by atoms with Crippen LogP contribution in [0.4, 0.5) is 5.69 Å². The average Bonchev–Trinajstić information content (AvgIpc) is 3.12. The standard InChI is InChI=1S/C20H22Br2N4OS/c21-14-1-2-15(22)16(6-14)23-17(27)10-28-19-24-18(25-26-19)20-7-11-3-12(8-20)5-13(4-11)9-20/h1-2,6,11-13H,3-5,7-10H2,(H,23,27)(H,24,25,26). The predicted octanol–water partition coefficient (Wildman–Crippen LogP) is 5.53. The highest BCUT2D eigenvalue weighted by atomic mass is 79.9. The Kier molecular flexibility index (Phi) is 5.08. The van der Waals surface area contributed by atoms with E-state index in [2.05, 4.69) is 47.4 Å². The summed E-state index contributed by atoms with van der Waals surface area (Å²) >= 11 is 8.28.